The van der Waals surface area contributed by atoms with Gasteiger partial charge in [-0.2, -0.15) is 11.8 Å². The van der Waals surface area contributed by atoms with Crippen molar-refractivity contribution in [3.8, 4) is 0 Å². The number of nitrogens with one attached hydrogen (secondary N) is 1. The predicted molar refractivity (Wildman–Crippen MR) is 72.2 cm³/mol. The minimum absolute atomic E-state index is 0.274. The largest absolute Gasteiger partial charge is 0.382 e. The third kappa shape index (κ3) is 4.45. The van der Waals surface area contributed by atoms with E-state index in [1.807, 2.05) is 11.8 Å². The van der Waals surface area contributed by atoms with E-state index in [1.165, 1.54) is 6.33 Å². The second kappa shape index (κ2) is 5.59. The lowest BCUT2D eigenvalue weighted by molar-refractivity contribution is 0.802. The minimum Gasteiger partial charge on any atom is -0.382 e. The number of nitrogen functional groups attached to an aromatic ring is 1. The molecule has 6 heteroatoms. The molecule has 1 aromatic heterocycles. The number of halogens is 1. The van der Waals surface area contributed by atoms with Crippen LogP contribution in [0.3, 0.4) is 0 Å². The fourth-order valence-corrected chi connectivity index (χ4v) is 2.01. The monoisotopic (exact) mass is 260 g/mol. The highest BCUT2D eigenvalue weighted by Gasteiger charge is 2.10. The second-order valence-electron chi connectivity index (χ2n) is 4.31. The van der Waals surface area contributed by atoms with Crippen LogP contribution in [0.1, 0.15) is 20.8 Å². The Morgan fingerprint density at radius 2 is 2.12 bits per heavy atom. The van der Waals surface area contributed by atoms with Crippen molar-refractivity contribution >= 4 is 35.0 Å². The number of aromatic nitrogens is 2. The number of hydrogen-bond donors (Lipinski definition) is 2. The number of nitrogens with zero attached hydrogens (tertiary/aromatic N) is 2. The Bertz CT molecular complexity index is 351. The van der Waals surface area contributed by atoms with Crippen molar-refractivity contribution in [1.29, 1.82) is 0 Å². The van der Waals surface area contributed by atoms with Crippen molar-refractivity contribution in [2.24, 2.45) is 0 Å². The quantitative estimate of drug-likeness (QED) is 0.815. The molecule has 0 radical (unpaired) electrons. The predicted octanol–water partition coefficient (Wildman–Crippen LogP) is 2.66. The molecule has 16 heavy (non-hydrogen) atoms. The Hall–Kier alpha value is -0.680. The molecular formula is C10H17ClN4S. The van der Waals surface area contributed by atoms with Crippen LogP contribution >= 0.6 is 23.4 Å². The second-order valence-corrected chi connectivity index (χ2v) is 6.61. The number of nitrogens with two attached hydrogens (primary N) is 1. The van der Waals surface area contributed by atoms with Crippen LogP contribution in [-0.4, -0.2) is 27.0 Å². The first kappa shape index (κ1) is 13.4. The molecule has 0 aliphatic carbocycles. The van der Waals surface area contributed by atoms with Gasteiger partial charge in [0, 0.05) is 17.0 Å². The summed E-state index contributed by atoms with van der Waals surface area (Å²) in [5, 5.41) is 3.53. The van der Waals surface area contributed by atoms with E-state index >= 15 is 0 Å². The van der Waals surface area contributed by atoms with Gasteiger partial charge in [-0.1, -0.05) is 32.4 Å². The highest BCUT2D eigenvalue weighted by Crippen LogP contribution is 2.25. The third-order valence-corrected chi connectivity index (χ3v) is 3.39. The van der Waals surface area contributed by atoms with Crippen LogP contribution in [0.15, 0.2) is 6.33 Å². The summed E-state index contributed by atoms with van der Waals surface area (Å²) in [4.78, 5) is 7.83. The molecule has 1 aromatic rings. The summed E-state index contributed by atoms with van der Waals surface area (Å²) in [6.07, 6.45) is 1.40. The Labute approximate surface area is 105 Å². The van der Waals surface area contributed by atoms with Crippen molar-refractivity contribution in [2.45, 2.75) is 25.5 Å². The molecule has 0 amide bonds. The maximum atomic E-state index is 5.94. The summed E-state index contributed by atoms with van der Waals surface area (Å²) in [6, 6.07) is 0. The normalized spacial score (nSPS) is 11.5. The fraction of sp³-hybridized carbons (Fsp3) is 0.600. The van der Waals surface area contributed by atoms with Crippen LogP contribution in [0, 0.1) is 0 Å². The summed E-state index contributed by atoms with van der Waals surface area (Å²) in [6.45, 7) is 7.37. The summed E-state index contributed by atoms with van der Waals surface area (Å²) < 4.78 is 0.274. The van der Waals surface area contributed by atoms with Crippen molar-refractivity contribution in [3.05, 3.63) is 11.3 Å². The van der Waals surface area contributed by atoms with E-state index in [1.54, 1.807) is 0 Å². The van der Waals surface area contributed by atoms with Gasteiger partial charge in [0.1, 0.15) is 23.0 Å². The molecule has 0 spiro atoms. The Morgan fingerprint density at radius 1 is 1.44 bits per heavy atom. The first-order chi connectivity index (χ1) is 7.40. The number of hydrogen-bond acceptors (Lipinski definition) is 5. The number of thioether (sulfide) groups is 1. The van der Waals surface area contributed by atoms with Gasteiger partial charge in [-0.3, -0.25) is 0 Å². The Morgan fingerprint density at radius 3 is 2.75 bits per heavy atom. The summed E-state index contributed by atoms with van der Waals surface area (Å²) in [5.41, 5.74) is 5.57. The molecule has 4 nitrogen and oxygen atoms in total. The van der Waals surface area contributed by atoms with Gasteiger partial charge in [0.25, 0.3) is 0 Å². The van der Waals surface area contributed by atoms with Gasteiger partial charge in [0.15, 0.2) is 0 Å². The third-order valence-electron chi connectivity index (χ3n) is 1.75. The van der Waals surface area contributed by atoms with E-state index in [2.05, 4.69) is 36.1 Å². The van der Waals surface area contributed by atoms with Gasteiger partial charge in [0.05, 0.1) is 0 Å². The molecule has 0 bridgehead atoms. The molecule has 1 rings (SSSR count). The van der Waals surface area contributed by atoms with E-state index in [0.717, 1.165) is 12.3 Å². The molecule has 0 saturated heterocycles. The zero-order valence-electron chi connectivity index (χ0n) is 9.75. The molecule has 1 heterocycles. The minimum atomic E-state index is 0.274. The summed E-state index contributed by atoms with van der Waals surface area (Å²) in [5.74, 6) is 1.90. The van der Waals surface area contributed by atoms with Crippen molar-refractivity contribution in [3.63, 3.8) is 0 Å². The van der Waals surface area contributed by atoms with Crippen LogP contribution in [0.5, 0.6) is 0 Å². The van der Waals surface area contributed by atoms with Crippen molar-refractivity contribution in [1.82, 2.24) is 9.97 Å². The zero-order chi connectivity index (χ0) is 12.2. The lowest BCUT2D eigenvalue weighted by atomic mass is 10.3. The lowest BCUT2D eigenvalue weighted by Crippen LogP contribution is -2.14. The van der Waals surface area contributed by atoms with Crippen LogP contribution < -0.4 is 11.1 Å². The summed E-state index contributed by atoms with van der Waals surface area (Å²) >= 11 is 7.83. The number of anilines is 2. The van der Waals surface area contributed by atoms with Crippen molar-refractivity contribution in [2.75, 3.05) is 23.3 Å². The fourth-order valence-electron chi connectivity index (χ4n) is 1.03. The van der Waals surface area contributed by atoms with Crippen molar-refractivity contribution < 1.29 is 0 Å². The maximum Gasteiger partial charge on any atom is 0.150 e. The molecular weight excluding hydrogens is 244 g/mol. The van der Waals surface area contributed by atoms with Crippen LogP contribution in [-0.2, 0) is 0 Å². The molecule has 0 aliphatic rings. The van der Waals surface area contributed by atoms with E-state index < -0.39 is 0 Å². The van der Waals surface area contributed by atoms with Crippen LogP contribution in [0.4, 0.5) is 11.6 Å². The smallest absolute Gasteiger partial charge is 0.150 e. The first-order valence-electron chi connectivity index (χ1n) is 5.04. The SMILES string of the molecule is CC(C)(C)SCCNc1ncnc(N)c1Cl. The van der Waals surface area contributed by atoms with Crippen LogP contribution in [0.25, 0.3) is 0 Å². The molecule has 0 aromatic carbocycles. The standard InChI is InChI=1S/C10H17ClN4S/c1-10(2,3)16-5-4-13-9-7(11)8(12)14-6-15-9/h6H,4-5H2,1-3H3,(H3,12,13,14,15). The lowest BCUT2D eigenvalue weighted by Gasteiger charge is -2.17. The first-order valence-corrected chi connectivity index (χ1v) is 6.40. The maximum absolute atomic E-state index is 5.94. The topological polar surface area (TPSA) is 63.8 Å². The van der Waals surface area contributed by atoms with Gasteiger partial charge in [0.2, 0.25) is 0 Å². The van der Waals surface area contributed by atoms with Gasteiger partial charge >= 0.3 is 0 Å². The van der Waals surface area contributed by atoms with Gasteiger partial charge < -0.3 is 11.1 Å². The molecule has 0 fully saturated rings. The van der Waals surface area contributed by atoms with Crippen LogP contribution in [0.2, 0.25) is 5.02 Å². The Balaban J connectivity index is 2.41. The van der Waals surface area contributed by atoms with Gasteiger partial charge in [-0.25, -0.2) is 9.97 Å². The molecule has 3 N–H and O–H groups in total. The van der Waals surface area contributed by atoms with E-state index in [4.69, 9.17) is 17.3 Å². The Kier molecular flexibility index (Phi) is 4.68. The molecule has 90 valence electrons. The highest BCUT2D eigenvalue weighted by atomic mass is 35.5. The van der Waals surface area contributed by atoms with Gasteiger partial charge in [-0.05, 0) is 0 Å². The molecule has 0 unspecified atom stereocenters. The number of rotatable bonds is 4. The molecule has 0 saturated carbocycles. The average Bonchev–Trinajstić information content (AvgIpc) is 2.17. The van der Waals surface area contributed by atoms with Gasteiger partial charge in [-0.15, -0.1) is 0 Å². The summed E-state index contributed by atoms with van der Waals surface area (Å²) in [7, 11) is 0. The van der Waals surface area contributed by atoms with E-state index in [-0.39, 0.29) is 4.75 Å². The highest BCUT2D eigenvalue weighted by molar-refractivity contribution is 8.00. The molecule has 0 atom stereocenters. The van der Waals surface area contributed by atoms with E-state index in [9.17, 15) is 0 Å². The average molecular weight is 261 g/mol. The van der Waals surface area contributed by atoms with E-state index in [0.29, 0.717) is 16.7 Å². The molecule has 0 aliphatic heterocycles. The zero-order valence-corrected chi connectivity index (χ0v) is 11.3.